The number of carboxylic acid groups (broad SMARTS) is 1. The van der Waals surface area contributed by atoms with E-state index in [1.54, 1.807) is 12.1 Å². The van der Waals surface area contributed by atoms with Gasteiger partial charge < -0.3 is 5.11 Å². The van der Waals surface area contributed by atoms with Gasteiger partial charge in [0.05, 0.1) is 5.56 Å². The molecule has 2 aliphatic rings. The van der Waals surface area contributed by atoms with Crippen molar-refractivity contribution >= 4 is 17.6 Å². The molecular weight excluding hydrogens is 272 g/mol. The van der Waals surface area contributed by atoms with Crippen molar-refractivity contribution < 1.29 is 9.90 Å². The summed E-state index contributed by atoms with van der Waals surface area (Å²) < 4.78 is 0. The van der Waals surface area contributed by atoms with Gasteiger partial charge in [-0.2, -0.15) is 0 Å². The smallest absolute Gasteiger partial charge is 0.336 e. The van der Waals surface area contributed by atoms with E-state index in [0.29, 0.717) is 11.1 Å². The third-order valence-electron chi connectivity index (χ3n) is 3.89. The monoisotopic (exact) mass is 288 g/mol. The van der Waals surface area contributed by atoms with E-state index in [2.05, 4.69) is 18.7 Å². The van der Waals surface area contributed by atoms with Crippen LogP contribution in [0.15, 0.2) is 79.0 Å². The summed E-state index contributed by atoms with van der Waals surface area (Å²) >= 11 is 0. The highest BCUT2D eigenvalue weighted by molar-refractivity contribution is 6.00. The van der Waals surface area contributed by atoms with E-state index in [-0.39, 0.29) is 5.92 Å². The lowest BCUT2D eigenvalue weighted by Gasteiger charge is -2.22. The summed E-state index contributed by atoms with van der Waals surface area (Å²) in [5, 5.41) is 9.62. The van der Waals surface area contributed by atoms with Gasteiger partial charge in [0, 0.05) is 5.92 Å². The van der Waals surface area contributed by atoms with Crippen molar-refractivity contribution in [3.05, 3.63) is 95.6 Å². The van der Waals surface area contributed by atoms with Gasteiger partial charge in [0.15, 0.2) is 0 Å². The molecule has 0 saturated heterocycles. The maximum absolute atomic E-state index is 11.7. The second kappa shape index (κ2) is 5.86. The first-order valence-corrected chi connectivity index (χ1v) is 7.15. The molecule has 0 radical (unpaired) electrons. The van der Waals surface area contributed by atoms with Crippen molar-refractivity contribution in [1.29, 1.82) is 0 Å². The summed E-state index contributed by atoms with van der Waals surface area (Å²) in [6.07, 6.45) is 17.8. The molecule has 1 atom stereocenters. The van der Waals surface area contributed by atoms with Gasteiger partial charge in [-0.15, -0.1) is 0 Å². The van der Waals surface area contributed by atoms with E-state index in [9.17, 15) is 9.90 Å². The number of hydrogen-bond donors (Lipinski definition) is 1. The second-order valence-electron chi connectivity index (χ2n) is 5.16. The number of fused-ring (bicyclic) bond motifs is 1. The molecule has 1 unspecified atom stereocenters. The van der Waals surface area contributed by atoms with Crippen LogP contribution in [-0.2, 0) is 0 Å². The van der Waals surface area contributed by atoms with Crippen LogP contribution in [0.5, 0.6) is 0 Å². The zero-order valence-corrected chi connectivity index (χ0v) is 12.1. The van der Waals surface area contributed by atoms with Gasteiger partial charge >= 0.3 is 5.97 Å². The van der Waals surface area contributed by atoms with Crippen LogP contribution in [0.4, 0.5) is 0 Å². The van der Waals surface area contributed by atoms with Gasteiger partial charge in [0.25, 0.3) is 0 Å². The predicted octanol–water partition coefficient (Wildman–Crippen LogP) is 4.65. The molecule has 2 nitrogen and oxygen atoms in total. The first kappa shape index (κ1) is 14.1. The Morgan fingerprint density at radius 1 is 1.09 bits per heavy atom. The van der Waals surface area contributed by atoms with Crippen molar-refractivity contribution in [2.24, 2.45) is 5.92 Å². The van der Waals surface area contributed by atoms with E-state index >= 15 is 0 Å². The third kappa shape index (κ3) is 2.40. The standard InChI is InChI=1S/C20H16O2/c1-2-14-9-6-13-18(19(14)20(21)22)17-12-7-10-15-8-4-3-5-11-16(15)17/h2-13,15H,1H2,(H,21,22). The Morgan fingerprint density at radius 2 is 1.91 bits per heavy atom. The molecule has 0 saturated carbocycles. The minimum absolute atomic E-state index is 0.170. The molecule has 1 N–H and O–H groups in total. The molecule has 0 spiro atoms. The lowest BCUT2D eigenvalue weighted by Crippen LogP contribution is -2.09. The number of benzene rings is 1. The van der Waals surface area contributed by atoms with Gasteiger partial charge in [0.1, 0.15) is 0 Å². The number of carboxylic acids is 1. The van der Waals surface area contributed by atoms with Crippen LogP contribution in [0.3, 0.4) is 0 Å². The van der Waals surface area contributed by atoms with Crippen LogP contribution < -0.4 is 0 Å². The number of allylic oxidation sites excluding steroid dienone is 10. The van der Waals surface area contributed by atoms with Crippen LogP contribution in [0.2, 0.25) is 0 Å². The van der Waals surface area contributed by atoms with Gasteiger partial charge in [0.2, 0.25) is 0 Å². The quantitative estimate of drug-likeness (QED) is 0.879. The molecule has 0 fully saturated rings. The van der Waals surface area contributed by atoms with Crippen molar-refractivity contribution in [3.8, 4) is 0 Å². The second-order valence-corrected chi connectivity index (χ2v) is 5.16. The Kier molecular flexibility index (Phi) is 3.75. The van der Waals surface area contributed by atoms with Crippen LogP contribution in [0, 0.1) is 5.92 Å². The molecule has 1 aromatic rings. The molecule has 0 amide bonds. The summed E-state index contributed by atoms with van der Waals surface area (Å²) in [5.41, 5.74) is 3.73. The Hall–Kier alpha value is -2.87. The topological polar surface area (TPSA) is 37.3 Å². The molecule has 0 bridgehead atoms. The predicted molar refractivity (Wildman–Crippen MR) is 90.5 cm³/mol. The molecule has 2 heteroatoms. The summed E-state index contributed by atoms with van der Waals surface area (Å²) in [4.78, 5) is 11.7. The van der Waals surface area contributed by atoms with Crippen molar-refractivity contribution in [2.45, 2.75) is 0 Å². The average molecular weight is 288 g/mol. The highest BCUT2D eigenvalue weighted by Crippen LogP contribution is 2.37. The zero-order valence-electron chi connectivity index (χ0n) is 12.1. The first-order chi connectivity index (χ1) is 10.7. The minimum Gasteiger partial charge on any atom is -0.478 e. The largest absolute Gasteiger partial charge is 0.478 e. The molecule has 108 valence electrons. The van der Waals surface area contributed by atoms with E-state index in [1.807, 2.05) is 48.6 Å². The number of rotatable bonds is 3. The molecule has 3 rings (SSSR count). The fourth-order valence-electron chi connectivity index (χ4n) is 2.88. The lowest BCUT2D eigenvalue weighted by atomic mass is 9.82. The summed E-state index contributed by atoms with van der Waals surface area (Å²) in [7, 11) is 0. The fraction of sp³-hybridized carbons (Fsp3) is 0.0500. The third-order valence-corrected chi connectivity index (χ3v) is 3.89. The Morgan fingerprint density at radius 3 is 2.68 bits per heavy atom. The van der Waals surface area contributed by atoms with Crippen LogP contribution in [0.1, 0.15) is 21.5 Å². The maximum Gasteiger partial charge on any atom is 0.336 e. The Labute approximate surface area is 129 Å². The minimum atomic E-state index is -0.933. The molecule has 22 heavy (non-hydrogen) atoms. The van der Waals surface area contributed by atoms with E-state index in [4.69, 9.17) is 0 Å². The van der Waals surface area contributed by atoms with E-state index < -0.39 is 5.97 Å². The summed E-state index contributed by atoms with van der Waals surface area (Å²) in [5.74, 6) is -0.762. The van der Waals surface area contributed by atoms with Crippen LogP contribution in [-0.4, -0.2) is 11.1 Å². The normalized spacial score (nSPS) is 19.0. The maximum atomic E-state index is 11.7. The van der Waals surface area contributed by atoms with Crippen molar-refractivity contribution in [1.82, 2.24) is 0 Å². The molecule has 0 heterocycles. The number of hydrogen-bond acceptors (Lipinski definition) is 1. The molecule has 0 aliphatic heterocycles. The van der Waals surface area contributed by atoms with E-state index in [0.717, 1.165) is 16.7 Å². The highest BCUT2D eigenvalue weighted by atomic mass is 16.4. The molecule has 0 aromatic heterocycles. The fourth-order valence-corrected chi connectivity index (χ4v) is 2.88. The van der Waals surface area contributed by atoms with Gasteiger partial charge in [-0.25, -0.2) is 4.79 Å². The highest BCUT2D eigenvalue weighted by Gasteiger charge is 2.23. The molecule has 1 aromatic carbocycles. The first-order valence-electron chi connectivity index (χ1n) is 7.15. The van der Waals surface area contributed by atoms with Crippen LogP contribution in [0.25, 0.3) is 11.6 Å². The number of aromatic carboxylic acids is 1. The molecule has 2 aliphatic carbocycles. The lowest BCUT2D eigenvalue weighted by molar-refractivity contribution is 0.0696. The molecular formula is C20H16O2. The van der Waals surface area contributed by atoms with Gasteiger partial charge in [-0.05, 0) is 22.3 Å². The zero-order chi connectivity index (χ0) is 15.5. The van der Waals surface area contributed by atoms with Crippen molar-refractivity contribution in [3.63, 3.8) is 0 Å². The average Bonchev–Trinajstić information content (AvgIpc) is 2.79. The summed E-state index contributed by atoms with van der Waals surface area (Å²) in [6, 6.07) is 5.51. The SMILES string of the molecule is C=Cc1cccc(C2=CC=CC3C=CC=CC=C23)c1C(=O)O. The van der Waals surface area contributed by atoms with Gasteiger partial charge in [-0.1, -0.05) is 79.5 Å². The Bertz CT molecular complexity index is 786. The van der Waals surface area contributed by atoms with E-state index in [1.165, 1.54) is 0 Å². The Balaban J connectivity index is 2.21. The van der Waals surface area contributed by atoms with Gasteiger partial charge in [-0.3, -0.25) is 0 Å². The van der Waals surface area contributed by atoms with Crippen molar-refractivity contribution in [2.75, 3.05) is 0 Å². The van der Waals surface area contributed by atoms with Crippen LogP contribution >= 0.6 is 0 Å². The number of carbonyl (C=O) groups is 1. The summed E-state index contributed by atoms with van der Waals surface area (Å²) in [6.45, 7) is 3.72.